The summed E-state index contributed by atoms with van der Waals surface area (Å²) in [5.74, 6) is 2.63. The van der Waals surface area contributed by atoms with Gasteiger partial charge in [-0.1, -0.05) is 12.1 Å². The van der Waals surface area contributed by atoms with Gasteiger partial charge in [0.25, 0.3) is 5.56 Å². The Kier molecular flexibility index (Phi) is 4.32. The molecular weight excluding hydrogens is 344 g/mol. The molecule has 1 aliphatic rings. The second-order valence-corrected chi connectivity index (χ2v) is 6.31. The summed E-state index contributed by atoms with van der Waals surface area (Å²) >= 11 is 0. The van der Waals surface area contributed by atoms with Crippen LogP contribution in [0.15, 0.2) is 41.2 Å². The van der Waals surface area contributed by atoms with Gasteiger partial charge in [0.2, 0.25) is 0 Å². The lowest BCUT2D eigenvalue weighted by Crippen LogP contribution is -2.14. The van der Waals surface area contributed by atoms with Gasteiger partial charge in [-0.25, -0.2) is 0 Å². The Hall–Kier alpha value is -3.28. The summed E-state index contributed by atoms with van der Waals surface area (Å²) in [5, 5.41) is 0.530. The molecule has 6 heteroatoms. The van der Waals surface area contributed by atoms with Gasteiger partial charge < -0.3 is 18.8 Å². The Morgan fingerprint density at radius 1 is 1.00 bits per heavy atom. The molecule has 138 valence electrons. The summed E-state index contributed by atoms with van der Waals surface area (Å²) in [6.45, 7) is 0.761. The molecule has 3 aromatic rings. The molecule has 0 radical (unpaired) electrons. The molecule has 2 heterocycles. The second-order valence-electron chi connectivity index (χ2n) is 6.31. The Morgan fingerprint density at radius 3 is 2.37 bits per heavy atom. The lowest BCUT2D eigenvalue weighted by Gasteiger charge is -2.12. The molecule has 0 unspecified atom stereocenters. The third-order valence-electron chi connectivity index (χ3n) is 4.83. The van der Waals surface area contributed by atoms with Gasteiger partial charge in [0.15, 0.2) is 11.5 Å². The predicted molar refractivity (Wildman–Crippen MR) is 105 cm³/mol. The van der Waals surface area contributed by atoms with Crippen molar-refractivity contribution in [1.29, 1.82) is 0 Å². The zero-order valence-electron chi connectivity index (χ0n) is 15.5. The highest BCUT2D eigenvalue weighted by Gasteiger charge is 2.22. The van der Waals surface area contributed by atoms with Crippen molar-refractivity contribution in [2.75, 3.05) is 21.3 Å². The third kappa shape index (κ3) is 2.93. The van der Waals surface area contributed by atoms with Gasteiger partial charge in [-0.05, 0) is 41.8 Å². The van der Waals surface area contributed by atoms with E-state index >= 15 is 0 Å². The first kappa shape index (κ1) is 17.1. The normalized spacial score (nSPS) is 14.4. The van der Waals surface area contributed by atoms with Crippen molar-refractivity contribution in [3.63, 3.8) is 0 Å². The summed E-state index contributed by atoms with van der Waals surface area (Å²) < 4.78 is 18.0. The molecule has 0 saturated carbocycles. The van der Waals surface area contributed by atoms with Crippen LogP contribution in [0.5, 0.6) is 17.2 Å². The van der Waals surface area contributed by atoms with Crippen LogP contribution in [0.4, 0.5) is 0 Å². The topological polar surface area (TPSA) is 62.6 Å². The molecule has 0 bridgehead atoms. The summed E-state index contributed by atoms with van der Waals surface area (Å²) in [6.07, 6.45) is 2.88. The predicted octanol–water partition coefficient (Wildman–Crippen LogP) is 3.37. The van der Waals surface area contributed by atoms with E-state index in [1.165, 1.54) is 0 Å². The van der Waals surface area contributed by atoms with Gasteiger partial charge in [-0.2, -0.15) is 4.98 Å². The Morgan fingerprint density at radius 2 is 1.70 bits per heavy atom. The number of ether oxygens (including phenoxy) is 3. The van der Waals surface area contributed by atoms with Crippen LogP contribution in [-0.4, -0.2) is 30.9 Å². The molecular formula is C21H20N2O4. The maximum Gasteiger partial charge on any atom is 0.281 e. The number of fused-ring (bicyclic) bond motifs is 3. The summed E-state index contributed by atoms with van der Waals surface area (Å²) in [6, 6.07) is 11.3. The van der Waals surface area contributed by atoms with E-state index in [9.17, 15) is 4.79 Å². The second kappa shape index (κ2) is 6.79. The van der Waals surface area contributed by atoms with Crippen LogP contribution in [0.25, 0.3) is 22.6 Å². The molecule has 1 aliphatic heterocycles. The highest BCUT2D eigenvalue weighted by atomic mass is 16.5. The molecule has 0 amide bonds. The largest absolute Gasteiger partial charge is 0.497 e. The van der Waals surface area contributed by atoms with Gasteiger partial charge in [-0.15, -0.1) is 0 Å². The molecule has 4 rings (SSSR count). The first-order valence-electron chi connectivity index (χ1n) is 8.66. The summed E-state index contributed by atoms with van der Waals surface area (Å²) in [7, 11) is 4.78. The fraction of sp³-hybridized carbons (Fsp3) is 0.238. The Labute approximate surface area is 156 Å². The minimum Gasteiger partial charge on any atom is -0.497 e. The number of allylic oxidation sites excluding steroid dienone is 1. The van der Waals surface area contributed by atoms with E-state index in [-0.39, 0.29) is 5.56 Å². The van der Waals surface area contributed by atoms with Crippen molar-refractivity contribution >= 4 is 22.6 Å². The average molecular weight is 364 g/mol. The molecule has 0 saturated heterocycles. The number of nitrogens with zero attached hydrogens (tertiary/aromatic N) is 2. The van der Waals surface area contributed by atoms with Crippen LogP contribution < -0.4 is 19.8 Å². The van der Waals surface area contributed by atoms with Crippen molar-refractivity contribution in [2.45, 2.75) is 13.0 Å². The first-order valence-corrected chi connectivity index (χ1v) is 8.66. The van der Waals surface area contributed by atoms with E-state index in [0.717, 1.165) is 35.4 Å². The number of methoxy groups -OCH3 is 3. The monoisotopic (exact) mass is 364 g/mol. The number of aromatic nitrogens is 2. The van der Waals surface area contributed by atoms with Crippen molar-refractivity contribution in [2.24, 2.45) is 0 Å². The molecule has 2 aromatic carbocycles. The SMILES string of the molecule is COc1ccc(C=C2CCn3c2nc(=O)c2cc(OC)c(OC)cc23)cc1. The molecule has 0 spiro atoms. The number of hydrogen-bond donors (Lipinski definition) is 0. The van der Waals surface area contributed by atoms with E-state index in [2.05, 4.69) is 15.6 Å². The van der Waals surface area contributed by atoms with Crippen LogP contribution in [0.3, 0.4) is 0 Å². The molecule has 0 fully saturated rings. The first-order chi connectivity index (χ1) is 13.1. The van der Waals surface area contributed by atoms with Gasteiger partial charge in [0.05, 0.1) is 32.2 Å². The van der Waals surface area contributed by atoms with Gasteiger partial charge in [0.1, 0.15) is 11.6 Å². The highest BCUT2D eigenvalue weighted by molar-refractivity contribution is 5.87. The van der Waals surface area contributed by atoms with Crippen LogP contribution in [0.1, 0.15) is 17.8 Å². The fourth-order valence-electron chi connectivity index (χ4n) is 3.45. The number of benzene rings is 2. The number of hydrogen-bond acceptors (Lipinski definition) is 5. The maximum absolute atomic E-state index is 12.6. The smallest absolute Gasteiger partial charge is 0.281 e. The number of rotatable bonds is 4. The van der Waals surface area contributed by atoms with E-state index in [1.54, 1.807) is 27.4 Å². The Balaban J connectivity index is 1.85. The highest BCUT2D eigenvalue weighted by Crippen LogP contribution is 2.35. The zero-order chi connectivity index (χ0) is 19.0. The summed E-state index contributed by atoms with van der Waals surface area (Å²) in [4.78, 5) is 17.0. The standard InChI is InChI=1S/C21H20N2O4/c1-25-15-6-4-13(5-7-15)10-14-8-9-23-17-12-19(27-3)18(26-2)11-16(17)21(24)22-20(14)23/h4-7,10-12H,8-9H2,1-3H3. The molecule has 27 heavy (non-hydrogen) atoms. The average Bonchev–Trinajstić information content (AvgIpc) is 3.10. The van der Waals surface area contributed by atoms with Gasteiger partial charge in [0, 0.05) is 12.6 Å². The molecule has 0 N–H and O–H groups in total. The zero-order valence-corrected chi connectivity index (χ0v) is 15.5. The van der Waals surface area contributed by atoms with Crippen LogP contribution in [0, 0.1) is 0 Å². The van der Waals surface area contributed by atoms with Gasteiger partial charge in [-0.3, -0.25) is 4.79 Å². The van der Waals surface area contributed by atoms with E-state index in [1.807, 2.05) is 30.3 Å². The van der Waals surface area contributed by atoms with Crippen LogP contribution >= 0.6 is 0 Å². The van der Waals surface area contributed by atoms with Crippen molar-refractivity contribution in [3.05, 3.63) is 58.1 Å². The Bertz CT molecular complexity index is 1100. The van der Waals surface area contributed by atoms with E-state index in [4.69, 9.17) is 14.2 Å². The molecule has 6 nitrogen and oxygen atoms in total. The molecule has 0 aliphatic carbocycles. The summed E-state index contributed by atoms with van der Waals surface area (Å²) in [5.41, 5.74) is 2.62. The quantitative estimate of drug-likeness (QED) is 0.710. The third-order valence-corrected chi connectivity index (χ3v) is 4.83. The number of aryl methyl sites for hydroxylation is 1. The molecule has 1 aromatic heterocycles. The van der Waals surface area contributed by atoms with Gasteiger partial charge >= 0.3 is 0 Å². The van der Waals surface area contributed by atoms with Crippen molar-refractivity contribution in [3.8, 4) is 17.2 Å². The van der Waals surface area contributed by atoms with E-state index in [0.29, 0.717) is 22.7 Å². The minimum absolute atomic E-state index is 0.264. The lowest BCUT2D eigenvalue weighted by atomic mass is 10.1. The lowest BCUT2D eigenvalue weighted by molar-refractivity contribution is 0.355. The molecule has 0 atom stereocenters. The van der Waals surface area contributed by atoms with Crippen molar-refractivity contribution in [1.82, 2.24) is 9.55 Å². The van der Waals surface area contributed by atoms with Crippen molar-refractivity contribution < 1.29 is 14.2 Å². The fourth-order valence-corrected chi connectivity index (χ4v) is 3.45. The van der Waals surface area contributed by atoms with Crippen LogP contribution in [0.2, 0.25) is 0 Å². The van der Waals surface area contributed by atoms with E-state index < -0.39 is 0 Å². The maximum atomic E-state index is 12.6. The van der Waals surface area contributed by atoms with Crippen LogP contribution in [-0.2, 0) is 6.54 Å². The minimum atomic E-state index is -0.264.